The Morgan fingerprint density at radius 3 is 2.75 bits per heavy atom. The first-order valence-electron chi connectivity index (χ1n) is 5.28. The fraction of sp³-hybridized carbons (Fsp3) is 0.500. The fourth-order valence-electron chi connectivity index (χ4n) is 1.45. The van der Waals surface area contributed by atoms with Gasteiger partial charge in [-0.1, -0.05) is 17.7 Å². The van der Waals surface area contributed by atoms with Crippen LogP contribution in [0.1, 0.15) is 19.4 Å². The van der Waals surface area contributed by atoms with E-state index in [4.69, 9.17) is 16.3 Å². The number of aliphatic hydroxyl groups excluding tert-OH is 1. The molecule has 0 heterocycles. The quantitative estimate of drug-likeness (QED) is 0.866. The Hall–Kier alpha value is -0.640. The van der Waals surface area contributed by atoms with Gasteiger partial charge in [-0.15, -0.1) is 0 Å². The third kappa shape index (κ3) is 3.74. The first-order valence-corrected chi connectivity index (χ1v) is 5.66. The molecule has 0 saturated carbocycles. The third-order valence-electron chi connectivity index (χ3n) is 2.40. The minimum atomic E-state index is -0.638. The normalized spacial score (nSPS) is 14.8. The van der Waals surface area contributed by atoms with Crippen molar-refractivity contribution in [3.63, 3.8) is 0 Å². The molecule has 90 valence electrons. The van der Waals surface area contributed by atoms with Crippen molar-refractivity contribution in [2.75, 3.05) is 6.61 Å². The van der Waals surface area contributed by atoms with Gasteiger partial charge >= 0.3 is 0 Å². The Labute approximate surface area is 100.0 Å². The number of ether oxygens (including phenoxy) is 1. The molecule has 1 rings (SSSR count). The van der Waals surface area contributed by atoms with Crippen molar-refractivity contribution >= 4 is 11.6 Å². The molecule has 0 bridgehead atoms. The highest BCUT2D eigenvalue weighted by Crippen LogP contribution is 2.17. The maximum atomic E-state index is 13.1. The number of benzene rings is 1. The Morgan fingerprint density at radius 2 is 2.19 bits per heavy atom. The van der Waals surface area contributed by atoms with E-state index < -0.39 is 11.9 Å². The van der Waals surface area contributed by atoms with E-state index in [2.05, 4.69) is 0 Å². The minimum Gasteiger partial charge on any atom is -0.390 e. The molecule has 1 N–H and O–H groups in total. The molecule has 0 amide bonds. The first-order chi connectivity index (χ1) is 7.54. The predicted molar refractivity (Wildman–Crippen MR) is 62.2 cm³/mol. The van der Waals surface area contributed by atoms with Crippen molar-refractivity contribution < 1.29 is 14.2 Å². The van der Waals surface area contributed by atoms with Crippen LogP contribution in [0.2, 0.25) is 5.02 Å². The van der Waals surface area contributed by atoms with Crippen LogP contribution in [0.5, 0.6) is 0 Å². The van der Waals surface area contributed by atoms with Crippen LogP contribution >= 0.6 is 11.6 Å². The van der Waals surface area contributed by atoms with Gasteiger partial charge in [-0.2, -0.15) is 0 Å². The van der Waals surface area contributed by atoms with E-state index >= 15 is 0 Å². The van der Waals surface area contributed by atoms with Crippen LogP contribution in [-0.4, -0.2) is 23.9 Å². The first kappa shape index (κ1) is 13.4. The average Bonchev–Trinajstić information content (AvgIpc) is 2.24. The van der Waals surface area contributed by atoms with Crippen LogP contribution in [0.3, 0.4) is 0 Å². The standard InChI is InChI=1S/C12H16ClFO2/c1-3-16-8(2)12(15)7-9-4-5-10(13)11(14)6-9/h4-6,8,12,15H,3,7H2,1-2H3. The van der Waals surface area contributed by atoms with E-state index in [0.717, 1.165) is 0 Å². The smallest absolute Gasteiger partial charge is 0.142 e. The third-order valence-corrected chi connectivity index (χ3v) is 2.71. The van der Waals surface area contributed by atoms with Crippen molar-refractivity contribution in [3.05, 3.63) is 34.6 Å². The van der Waals surface area contributed by atoms with E-state index in [0.29, 0.717) is 18.6 Å². The summed E-state index contributed by atoms with van der Waals surface area (Å²) in [6, 6.07) is 4.53. The Morgan fingerprint density at radius 1 is 1.50 bits per heavy atom. The van der Waals surface area contributed by atoms with Gasteiger partial charge in [0.25, 0.3) is 0 Å². The molecule has 16 heavy (non-hydrogen) atoms. The summed E-state index contributed by atoms with van der Waals surface area (Å²) in [5.74, 6) is -0.463. The van der Waals surface area contributed by atoms with Crippen molar-refractivity contribution in [2.45, 2.75) is 32.5 Å². The second-order valence-corrected chi connectivity index (χ2v) is 4.09. The van der Waals surface area contributed by atoms with Crippen molar-refractivity contribution in [2.24, 2.45) is 0 Å². The van der Waals surface area contributed by atoms with Gasteiger partial charge < -0.3 is 9.84 Å². The van der Waals surface area contributed by atoms with Crippen LogP contribution in [-0.2, 0) is 11.2 Å². The summed E-state index contributed by atoms with van der Waals surface area (Å²) in [7, 11) is 0. The molecule has 0 radical (unpaired) electrons. The number of hydrogen-bond acceptors (Lipinski definition) is 2. The summed E-state index contributed by atoms with van der Waals surface area (Å²) < 4.78 is 18.4. The molecule has 0 aliphatic rings. The minimum absolute atomic E-state index is 0.0936. The van der Waals surface area contributed by atoms with Crippen LogP contribution in [0.15, 0.2) is 18.2 Å². The molecule has 0 fully saturated rings. The maximum Gasteiger partial charge on any atom is 0.142 e. The van der Waals surface area contributed by atoms with Crippen LogP contribution in [0.4, 0.5) is 4.39 Å². The lowest BCUT2D eigenvalue weighted by Crippen LogP contribution is -2.28. The molecule has 1 aromatic carbocycles. The van der Waals surface area contributed by atoms with E-state index in [1.807, 2.05) is 6.92 Å². The summed E-state index contributed by atoms with van der Waals surface area (Å²) in [5, 5.41) is 9.88. The van der Waals surface area contributed by atoms with Gasteiger partial charge in [0.1, 0.15) is 5.82 Å². The topological polar surface area (TPSA) is 29.5 Å². The van der Waals surface area contributed by atoms with E-state index in [9.17, 15) is 9.50 Å². The molecule has 0 spiro atoms. The Kier molecular flexibility index (Phi) is 5.19. The summed E-state index contributed by atoms with van der Waals surface area (Å²) in [4.78, 5) is 0. The highest BCUT2D eigenvalue weighted by Gasteiger charge is 2.15. The van der Waals surface area contributed by atoms with Crippen molar-refractivity contribution in [1.82, 2.24) is 0 Å². The summed E-state index contributed by atoms with van der Waals surface area (Å²) in [5.41, 5.74) is 0.709. The van der Waals surface area contributed by atoms with E-state index in [-0.39, 0.29) is 11.1 Å². The van der Waals surface area contributed by atoms with Gasteiger partial charge in [-0.25, -0.2) is 4.39 Å². The molecule has 4 heteroatoms. The number of rotatable bonds is 5. The molecule has 2 nitrogen and oxygen atoms in total. The maximum absolute atomic E-state index is 13.1. The van der Waals surface area contributed by atoms with Crippen LogP contribution < -0.4 is 0 Å². The molecular formula is C12H16ClFO2. The zero-order chi connectivity index (χ0) is 12.1. The summed E-state index contributed by atoms with van der Waals surface area (Å²) in [6.45, 7) is 4.21. The zero-order valence-corrected chi connectivity index (χ0v) is 10.2. The lowest BCUT2D eigenvalue weighted by molar-refractivity contribution is -0.0208. The molecule has 1 aromatic rings. The van der Waals surface area contributed by atoms with Crippen LogP contribution in [0, 0.1) is 5.82 Å². The number of hydrogen-bond donors (Lipinski definition) is 1. The van der Waals surface area contributed by atoms with Gasteiger partial charge in [0, 0.05) is 13.0 Å². The molecule has 0 aliphatic heterocycles. The molecule has 0 aromatic heterocycles. The molecule has 2 atom stereocenters. The molecular weight excluding hydrogens is 231 g/mol. The lowest BCUT2D eigenvalue weighted by atomic mass is 10.0. The predicted octanol–water partition coefficient (Wildman–Crippen LogP) is 2.81. The SMILES string of the molecule is CCOC(C)C(O)Cc1ccc(Cl)c(F)c1. The molecule has 0 aliphatic carbocycles. The number of halogens is 2. The van der Waals surface area contributed by atoms with Gasteiger partial charge in [0.2, 0.25) is 0 Å². The average molecular weight is 247 g/mol. The molecule has 0 saturated heterocycles. The second kappa shape index (κ2) is 6.18. The van der Waals surface area contributed by atoms with Crippen LogP contribution in [0.25, 0.3) is 0 Å². The highest BCUT2D eigenvalue weighted by atomic mass is 35.5. The summed E-state index contributed by atoms with van der Waals surface area (Å²) in [6.07, 6.45) is -0.542. The lowest BCUT2D eigenvalue weighted by Gasteiger charge is -2.18. The van der Waals surface area contributed by atoms with E-state index in [1.165, 1.54) is 12.1 Å². The Bertz CT molecular complexity index is 344. The van der Waals surface area contributed by atoms with Crippen molar-refractivity contribution in [3.8, 4) is 0 Å². The largest absolute Gasteiger partial charge is 0.390 e. The van der Waals surface area contributed by atoms with E-state index in [1.54, 1.807) is 13.0 Å². The molecule has 2 unspecified atom stereocenters. The van der Waals surface area contributed by atoms with Gasteiger partial charge in [-0.3, -0.25) is 0 Å². The monoisotopic (exact) mass is 246 g/mol. The highest BCUT2D eigenvalue weighted by molar-refractivity contribution is 6.30. The van der Waals surface area contributed by atoms with Gasteiger partial charge in [0.15, 0.2) is 0 Å². The fourth-order valence-corrected chi connectivity index (χ4v) is 1.57. The summed E-state index contributed by atoms with van der Waals surface area (Å²) >= 11 is 5.57. The zero-order valence-electron chi connectivity index (χ0n) is 9.41. The second-order valence-electron chi connectivity index (χ2n) is 3.68. The number of aliphatic hydroxyl groups is 1. The van der Waals surface area contributed by atoms with Crippen molar-refractivity contribution in [1.29, 1.82) is 0 Å². The van der Waals surface area contributed by atoms with Gasteiger partial charge in [0.05, 0.1) is 17.2 Å². The Balaban J connectivity index is 2.62. The van der Waals surface area contributed by atoms with Gasteiger partial charge in [-0.05, 0) is 31.5 Å².